The van der Waals surface area contributed by atoms with Gasteiger partial charge < -0.3 is 5.32 Å². The predicted octanol–water partition coefficient (Wildman–Crippen LogP) is 1.51. The second-order valence-corrected chi connectivity index (χ2v) is 6.72. The Balaban J connectivity index is 2.05. The maximum atomic E-state index is 12.9. The average Bonchev–Trinajstić information content (AvgIpc) is 3.14. The Labute approximate surface area is 148 Å². The Hall–Kier alpha value is -2.68. The third-order valence-corrected chi connectivity index (χ3v) is 4.61. The highest BCUT2D eigenvalue weighted by atomic mass is 32.2. The maximum absolute atomic E-state index is 12.9. The molecule has 9 heteroatoms. The fraction of sp³-hybridized carbons (Fsp3) is 0.312. The van der Waals surface area contributed by atoms with Crippen LogP contribution in [0.15, 0.2) is 40.5 Å². The second kappa shape index (κ2) is 7.47. The number of hydrogen-bond acceptors (Lipinski definition) is 6. The van der Waals surface area contributed by atoms with Crippen molar-refractivity contribution in [1.82, 2.24) is 30.0 Å². The monoisotopic (exact) mass is 358 g/mol. The molecule has 25 heavy (non-hydrogen) atoms. The maximum Gasteiger partial charge on any atom is 0.269 e. The van der Waals surface area contributed by atoms with E-state index in [2.05, 4.69) is 25.5 Å². The highest BCUT2D eigenvalue weighted by molar-refractivity contribution is 8.00. The first kappa shape index (κ1) is 17.2. The Morgan fingerprint density at radius 3 is 2.92 bits per heavy atom. The highest BCUT2D eigenvalue weighted by Gasteiger charge is 2.20. The molecule has 0 unspecified atom stereocenters. The smallest absolute Gasteiger partial charge is 0.269 e. The molecule has 0 saturated carbocycles. The summed E-state index contributed by atoms with van der Waals surface area (Å²) in [5.41, 5.74) is 0.318. The second-order valence-electron chi connectivity index (χ2n) is 5.41. The standard InChI is InChI=1S/C16H18N6O2S/c1-3-8-17-13(23)10(2)25-16-20-12-7-5-4-6-11(12)14(24)22(16)15-18-9-19-21-15/h4-7,9-10H,3,8H2,1-2H3,(H,17,23)(H,18,19,21)/t10-/m0/s1. The molecular formula is C16H18N6O2S. The Morgan fingerprint density at radius 2 is 2.20 bits per heavy atom. The molecule has 0 saturated heterocycles. The number of thioether (sulfide) groups is 1. The van der Waals surface area contributed by atoms with Crippen molar-refractivity contribution >= 4 is 28.6 Å². The number of nitrogens with one attached hydrogen (secondary N) is 2. The van der Waals surface area contributed by atoms with Gasteiger partial charge in [-0.1, -0.05) is 30.8 Å². The third-order valence-electron chi connectivity index (χ3n) is 3.56. The van der Waals surface area contributed by atoms with Crippen molar-refractivity contribution < 1.29 is 4.79 Å². The first-order valence-corrected chi connectivity index (χ1v) is 8.81. The molecule has 2 heterocycles. The summed E-state index contributed by atoms with van der Waals surface area (Å²) in [6, 6.07) is 7.08. The molecule has 1 atom stereocenters. The van der Waals surface area contributed by atoms with Crippen molar-refractivity contribution in [3.05, 3.63) is 40.9 Å². The molecule has 0 radical (unpaired) electrons. The van der Waals surface area contributed by atoms with Crippen molar-refractivity contribution in [3.63, 3.8) is 0 Å². The van der Waals surface area contributed by atoms with Gasteiger partial charge in [0.2, 0.25) is 11.9 Å². The first-order chi connectivity index (χ1) is 12.1. The number of rotatable bonds is 6. The van der Waals surface area contributed by atoms with E-state index < -0.39 is 5.25 Å². The van der Waals surface area contributed by atoms with Gasteiger partial charge >= 0.3 is 0 Å². The third kappa shape index (κ3) is 3.55. The quantitative estimate of drug-likeness (QED) is 0.511. The summed E-state index contributed by atoms with van der Waals surface area (Å²) < 4.78 is 1.35. The van der Waals surface area contributed by atoms with Gasteiger partial charge in [-0.2, -0.15) is 10.1 Å². The number of amides is 1. The van der Waals surface area contributed by atoms with E-state index in [4.69, 9.17) is 0 Å². The summed E-state index contributed by atoms with van der Waals surface area (Å²) in [4.78, 5) is 33.7. The lowest BCUT2D eigenvalue weighted by atomic mass is 10.2. The van der Waals surface area contributed by atoms with Gasteiger partial charge in [0, 0.05) is 6.54 Å². The molecule has 0 spiro atoms. The fourth-order valence-electron chi connectivity index (χ4n) is 2.29. The summed E-state index contributed by atoms with van der Waals surface area (Å²) in [7, 11) is 0. The molecule has 0 fully saturated rings. The number of aromatic amines is 1. The Kier molecular flexibility index (Phi) is 5.13. The summed E-state index contributed by atoms with van der Waals surface area (Å²) >= 11 is 1.21. The predicted molar refractivity (Wildman–Crippen MR) is 95.9 cm³/mol. The van der Waals surface area contributed by atoms with Crippen LogP contribution in [0.5, 0.6) is 0 Å². The van der Waals surface area contributed by atoms with Gasteiger partial charge in [-0.05, 0) is 25.5 Å². The summed E-state index contributed by atoms with van der Waals surface area (Å²) in [5.74, 6) is 0.172. The molecule has 3 rings (SSSR count). The van der Waals surface area contributed by atoms with Gasteiger partial charge in [-0.15, -0.1) is 0 Å². The summed E-state index contributed by atoms with van der Waals surface area (Å²) in [5, 5.41) is 9.79. The minimum atomic E-state index is -0.409. The van der Waals surface area contributed by atoms with E-state index in [-0.39, 0.29) is 17.4 Å². The van der Waals surface area contributed by atoms with Gasteiger partial charge in [0.05, 0.1) is 16.2 Å². The minimum absolute atomic E-state index is 0.0987. The largest absolute Gasteiger partial charge is 0.355 e. The molecule has 3 aromatic rings. The number of benzene rings is 1. The van der Waals surface area contributed by atoms with E-state index in [1.807, 2.05) is 13.0 Å². The molecule has 8 nitrogen and oxygen atoms in total. The highest BCUT2D eigenvalue weighted by Crippen LogP contribution is 2.23. The molecule has 1 amide bonds. The van der Waals surface area contributed by atoms with Crippen molar-refractivity contribution in [1.29, 1.82) is 0 Å². The zero-order valence-electron chi connectivity index (χ0n) is 13.9. The molecule has 130 valence electrons. The zero-order chi connectivity index (χ0) is 17.8. The van der Waals surface area contributed by atoms with Gasteiger partial charge in [0.25, 0.3) is 5.56 Å². The van der Waals surface area contributed by atoms with Gasteiger partial charge in [-0.3, -0.25) is 9.59 Å². The summed E-state index contributed by atoms with van der Waals surface area (Å²) in [6.07, 6.45) is 2.18. The summed E-state index contributed by atoms with van der Waals surface area (Å²) in [6.45, 7) is 4.38. The van der Waals surface area contributed by atoms with Crippen LogP contribution in [0.3, 0.4) is 0 Å². The van der Waals surface area contributed by atoms with E-state index in [0.717, 1.165) is 6.42 Å². The van der Waals surface area contributed by atoms with Crippen LogP contribution in [-0.2, 0) is 4.79 Å². The molecule has 2 aromatic heterocycles. The fourth-order valence-corrected chi connectivity index (χ4v) is 3.22. The number of para-hydroxylation sites is 1. The van der Waals surface area contributed by atoms with E-state index in [1.54, 1.807) is 25.1 Å². The Bertz CT molecular complexity index is 937. The molecule has 1 aromatic carbocycles. The van der Waals surface area contributed by atoms with Crippen molar-refractivity contribution in [2.24, 2.45) is 0 Å². The van der Waals surface area contributed by atoms with Crippen LogP contribution in [0, 0.1) is 0 Å². The van der Waals surface area contributed by atoms with Crippen LogP contribution in [-0.4, -0.2) is 42.4 Å². The van der Waals surface area contributed by atoms with Crippen LogP contribution >= 0.6 is 11.8 Å². The number of carbonyl (C=O) groups excluding carboxylic acids is 1. The lowest BCUT2D eigenvalue weighted by Crippen LogP contribution is -2.32. The topological polar surface area (TPSA) is 106 Å². The van der Waals surface area contributed by atoms with Crippen LogP contribution in [0.4, 0.5) is 0 Å². The molecular weight excluding hydrogens is 340 g/mol. The molecule has 0 aliphatic heterocycles. The number of fused-ring (bicyclic) bond motifs is 1. The zero-order valence-corrected chi connectivity index (χ0v) is 14.7. The van der Waals surface area contributed by atoms with Crippen molar-refractivity contribution in [3.8, 4) is 5.95 Å². The number of hydrogen-bond donors (Lipinski definition) is 2. The van der Waals surface area contributed by atoms with Crippen LogP contribution in [0.25, 0.3) is 16.9 Å². The lowest BCUT2D eigenvalue weighted by Gasteiger charge is -2.14. The van der Waals surface area contributed by atoms with Gasteiger partial charge in [-0.25, -0.2) is 14.6 Å². The Morgan fingerprint density at radius 1 is 1.40 bits per heavy atom. The van der Waals surface area contributed by atoms with Crippen molar-refractivity contribution in [2.75, 3.05) is 6.54 Å². The number of carbonyl (C=O) groups is 1. The molecule has 0 aliphatic carbocycles. The lowest BCUT2D eigenvalue weighted by molar-refractivity contribution is -0.120. The SMILES string of the molecule is CCCNC(=O)[C@H](C)Sc1nc2ccccc2c(=O)n1-c1ncn[nH]1. The van der Waals surface area contributed by atoms with E-state index in [9.17, 15) is 9.59 Å². The molecule has 0 aliphatic rings. The average molecular weight is 358 g/mol. The van der Waals surface area contributed by atoms with E-state index >= 15 is 0 Å². The number of aromatic nitrogens is 5. The number of nitrogens with zero attached hydrogens (tertiary/aromatic N) is 4. The normalized spacial score (nSPS) is 12.2. The minimum Gasteiger partial charge on any atom is -0.355 e. The van der Waals surface area contributed by atoms with Crippen LogP contribution in [0.1, 0.15) is 20.3 Å². The van der Waals surface area contributed by atoms with Crippen molar-refractivity contribution in [2.45, 2.75) is 30.7 Å². The van der Waals surface area contributed by atoms with E-state index in [0.29, 0.717) is 22.6 Å². The molecule has 0 bridgehead atoms. The molecule has 2 N–H and O–H groups in total. The van der Waals surface area contributed by atoms with Crippen LogP contribution in [0.2, 0.25) is 0 Å². The number of H-pyrrole nitrogens is 1. The van der Waals surface area contributed by atoms with Crippen LogP contribution < -0.4 is 10.9 Å². The first-order valence-electron chi connectivity index (χ1n) is 7.93. The van der Waals surface area contributed by atoms with E-state index in [1.165, 1.54) is 22.7 Å². The van der Waals surface area contributed by atoms with Gasteiger partial charge in [0.1, 0.15) is 6.33 Å². The van der Waals surface area contributed by atoms with Gasteiger partial charge in [0.15, 0.2) is 5.16 Å².